The van der Waals surface area contributed by atoms with E-state index in [1.165, 1.54) is 24.3 Å². The second-order valence-corrected chi connectivity index (χ2v) is 9.32. The Hall–Kier alpha value is -2.74. The molecule has 1 aromatic carbocycles. The lowest BCUT2D eigenvalue weighted by Crippen LogP contribution is -2.40. The standard InChI is InChI=1S/C24H29ClFN5O2/c1-15(32)28-19-8-10-20(11-9-19)29-24-27-13-21(25)22(30-24)17-3-2-12-31(14-17)23(33)16-4-6-18(26)7-5-16/h4-7,13,17,19-20H,2-3,8-12,14H2,1H3,(H,28,32)(H,27,29,30)/t17?,19-,20-. The molecule has 2 N–H and O–H groups in total. The highest BCUT2D eigenvalue weighted by molar-refractivity contribution is 6.31. The van der Waals surface area contributed by atoms with Crippen LogP contribution < -0.4 is 10.6 Å². The van der Waals surface area contributed by atoms with Crippen molar-refractivity contribution in [1.82, 2.24) is 20.2 Å². The summed E-state index contributed by atoms with van der Waals surface area (Å²) in [5, 5.41) is 6.90. The molecular weight excluding hydrogens is 445 g/mol. The number of piperidine rings is 1. The average molecular weight is 474 g/mol. The van der Waals surface area contributed by atoms with Gasteiger partial charge in [-0.2, -0.15) is 0 Å². The monoisotopic (exact) mass is 473 g/mol. The molecular formula is C24H29ClFN5O2. The van der Waals surface area contributed by atoms with E-state index in [2.05, 4.69) is 15.6 Å². The van der Waals surface area contributed by atoms with Crippen molar-refractivity contribution in [1.29, 1.82) is 0 Å². The van der Waals surface area contributed by atoms with E-state index in [0.29, 0.717) is 29.6 Å². The number of anilines is 1. The van der Waals surface area contributed by atoms with Crippen molar-refractivity contribution in [3.63, 3.8) is 0 Å². The minimum absolute atomic E-state index is 0.00898. The summed E-state index contributed by atoms with van der Waals surface area (Å²) in [7, 11) is 0. The number of amides is 2. The smallest absolute Gasteiger partial charge is 0.253 e. The molecule has 2 amide bonds. The molecule has 2 aromatic rings. The third-order valence-electron chi connectivity index (χ3n) is 6.43. The molecule has 4 rings (SSSR count). The first kappa shape index (κ1) is 23.4. The molecule has 0 radical (unpaired) electrons. The average Bonchev–Trinajstić information content (AvgIpc) is 2.81. The van der Waals surface area contributed by atoms with Gasteiger partial charge in [-0.05, 0) is 62.8 Å². The first-order valence-corrected chi connectivity index (χ1v) is 11.9. The maximum atomic E-state index is 13.2. The third-order valence-corrected chi connectivity index (χ3v) is 6.72. The maximum Gasteiger partial charge on any atom is 0.253 e. The van der Waals surface area contributed by atoms with Gasteiger partial charge >= 0.3 is 0 Å². The fourth-order valence-corrected chi connectivity index (χ4v) is 4.99. The summed E-state index contributed by atoms with van der Waals surface area (Å²) in [5.74, 6) is 0.0872. The molecule has 2 aliphatic rings. The number of carbonyl (C=O) groups is 2. The molecule has 1 atom stereocenters. The molecule has 1 unspecified atom stereocenters. The Balaban J connectivity index is 1.40. The zero-order valence-electron chi connectivity index (χ0n) is 18.7. The fourth-order valence-electron chi connectivity index (χ4n) is 4.75. The fraction of sp³-hybridized carbons (Fsp3) is 0.500. The van der Waals surface area contributed by atoms with Crippen LogP contribution in [-0.2, 0) is 4.79 Å². The van der Waals surface area contributed by atoms with Crippen LogP contribution >= 0.6 is 11.6 Å². The van der Waals surface area contributed by atoms with Gasteiger partial charge in [-0.1, -0.05) is 11.6 Å². The van der Waals surface area contributed by atoms with Crippen molar-refractivity contribution in [2.45, 2.75) is 63.5 Å². The zero-order valence-corrected chi connectivity index (χ0v) is 19.4. The highest BCUT2D eigenvalue weighted by atomic mass is 35.5. The molecule has 7 nitrogen and oxygen atoms in total. The number of nitrogens with zero attached hydrogens (tertiary/aromatic N) is 3. The molecule has 1 aliphatic heterocycles. The number of carbonyl (C=O) groups excluding carboxylic acids is 2. The van der Waals surface area contributed by atoms with Crippen molar-refractivity contribution in [2.24, 2.45) is 0 Å². The lowest BCUT2D eigenvalue weighted by molar-refractivity contribution is -0.119. The van der Waals surface area contributed by atoms with E-state index in [0.717, 1.165) is 44.2 Å². The number of hydrogen-bond donors (Lipinski definition) is 2. The van der Waals surface area contributed by atoms with E-state index in [9.17, 15) is 14.0 Å². The van der Waals surface area contributed by atoms with Crippen molar-refractivity contribution >= 4 is 29.4 Å². The molecule has 0 bridgehead atoms. The second-order valence-electron chi connectivity index (χ2n) is 8.92. The van der Waals surface area contributed by atoms with Crippen LogP contribution in [0.4, 0.5) is 10.3 Å². The van der Waals surface area contributed by atoms with E-state index >= 15 is 0 Å². The molecule has 9 heteroatoms. The highest BCUT2D eigenvalue weighted by Crippen LogP contribution is 2.32. The highest BCUT2D eigenvalue weighted by Gasteiger charge is 2.29. The number of rotatable bonds is 5. The van der Waals surface area contributed by atoms with Gasteiger partial charge in [-0.25, -0.2) is 14.4 Å². The Bertz CT molecular complexity index is 995. The third kappa shape index (κ3) is 5.99. The van der Waals surface area contributed by atoms with Gasteiger partial charge in [0.25, 0.3) is 5.91 Å². The Morgan fingerprint density at radius 1 is 1.09 bits per heavy atom. The number of nitrogens with one attached hydrogen (secondary N) is 2. The molecule has 0 spiro atoms. The number of hydrogen-bond acceptors (Lipinski definition) is 5. The summed E-state index contributed by atoms with van der Waals surface area (Å²) in [5.41, 5.74) is 1.22. The molecule has 1 saturated heterocycles. The van der Waals surface area contributed by atoms with Crippen molar-refractivity contribution < 1.29 is 14.0 Å². The van der Waals surface area contributed by atoms with Gasteiger partial charge in [0, 0.05) is 43.6 Å². The molecule has 1 saturated carbocycles. The van der Waals surface area contributed by atoms with Gasteiger partial charge in [-0.15, -0.1) is 0 Å². The van der Waals surface area contributed by atoms with Crippen LogP contribution in [0.15, 0.2) is 30.5 Å². The van der Waals surface area contributed by atoms with E-state index in [1.54, 1.807) is 18.0 Å². The molecule has 176 valence electrons. The quantitative estimate of drug-likeness (QED) is 0.681. The van der Waals surface area contributed by atoms with Gasteiger partial charge in [0.2, 0.25) is 11.9 Å². The summed E-state index contributed by atoms with van der Waals surface area (Å²) in [6.45, 7) is 2.71. The van der Waals surface area contributed by atoms with Crippen LogP contribution in [-0.4, -0.2) is 51.9 Å². The lowest BCUT2D eigenvalue weighted by atomic mass is 9.91. The van der Waals surface area contributed by atoms with Crippen LogP contribution in [0.5, 0.6) is 0 Å². The van der Waals surface area contributed by atoms with Gasteiger partial charge in [0.15, 0.2) is 0 Å². The molecule has 1 aliphatic carbocycles. The summed E-state index contributed by atoms with van der Waals surface area (Å²) < 4.78 is 13.2. The zero-order chi connectivity index (χ0) is 23.4. The van der Waals surface area contributed by atoms with Crippen LogP contribution in [0, 0.1) is 5.82 Å². The summed E-state index contributed by atoms with van der Waals surface area (Å²) in [4.78, 5) is 35.0. The van der Waals surface area contributed by atoms with E-state index in [-0.39, 0.29) is 35.6 Å². The summed E-state index contributed by atoms with van der Waals surface area (Å²) in [6, 6.07) is 6.11. The first-order chi connectivity index (χ1) is 15.9. The normalized spacial score (nSPS) is 23.1. The van der Waals surface area contributed by atoms with Gasteiger partial charge in [-0.3, -0.25) is 9.59 Å². The first-order valence-electron chi connectivity index (χ1n) is 11.5. The van der Waals surface area contributed by atoms with Crippen LogP contribution in [0.25, 0.3) is 0 Å². The van der Waals surface area contributed by atoms with Gasteiger partial charge < -0.3 is 15.5 Å². The number of aromatic nitrogens is 2. The van der Waals surface area contributed by atoms with E-state index < -0.39 is 0 Å². The SMILES string of the molecule is CC(=O)N[C@H]1CC[C@H](Nc2ncc(Cl)c(C3CCCN(C(=O)c4ccc(F)cc4)C3)n2)CC1. The lowest BCUT2D eigenvalue weighted by Gasteiger charge is -2.33. The maximum absolute atomic E-state index is 13.2. The Morgan fingerprint density at radius 3 is 2.48 bits per heavy atom. The molecule has 2 fully saturated rings. The largest absolute Gasteiger partial charge is 0.354 e. The predicted molar refractivity (Wildman–Crippen MR) is 125 cm³/mol. The number of benzene rings is 1. The summed E-state index contributed by atoms with van der Waals surface area (Å²) in [6.07, 6.45) is 7.03. The van der Waals surface area contributed by atoms with E-state index in [4.69, 9.17) is 16.6 Å². The van der Waals surface area contributed by atoms with Crippen LogP contribution in [0.3, 0.4) is 0 Å². The second kappa shape index (κ2) is 10.5. The Labute approximate surface area is 198 Å². The Kier molecular flexibility index (Phi) is 7.42. The van der Waals surface area contributed by atoms with Crippen molar-refractivity contribution in [3.05, 3.63) is 52.6 Å². The van der Waals surface area contributed by atoms with Crippen molar-refractivity contribution in [2.75, 3.05) is 18.4 Å². The van der Waals surface area contributed by atoms with Crippen molar-refractivity contribution in [3.8, 4) is 0 Å². The minimum Gasteiger partial charge on any atom is -0.354 e. The topological polar surface area (TPSA) is 87.2 Å². The van der Waals surface area contributed by atoms with E-state index in [1.807, 2.05) is 0 Å². The summed E-state index contributed by atoms with van der Waals surface area (Å²) >= 11 is 6.46. The molecule has 33 heavy (non-hydrogen) atoms. The predicted octanol–water partition coefficient (Wildman–Crippen LogP) is 4.15. The minimum atomic E-state index is -0.362. The number of likely N-dealkylation sites (tertiary alicyclic amines) is 1. The molecule has 2 heterocycles. The van der Waals surface area contributed by atoms with Gasteiger partial charge in [0.1, 0.15) is 5.82 Å². The van der Waals surface area contributed by atoms with Gasteiger partial charge in [0.05, 0.1) is 16.9 Å². The number of halogens is 2. The van der Waals surface area contributed by atoms with Crippen LogP contribution in [0.2, 0.25) is 5.02 Å². The van der Waals surface area contributed by atoms with Crippen LogP contribution in [0.1, 0.15) is 67.4 Å². The Morgan fingerprint density at radius 2 is 1.79 bits per heavy atom. The molecule has 1 aromatic heterocycles.